The van der Waals surface area contributed by atoms with E-state index in [0.29, 0.717) is 11.1 Å². The van der Waals surface area contributed by atoms with E-state index >= 15 is 0 Å². The predicted octanol–water partition coefficient (Wildman–Crippen LogP) is 4.57. The van der Waals surface area contributed by atoms with Gasteiger partial charge in [-0.15, -0.1) is 0 Å². The molecule has 206 valence electrons. The van der Waals surface area contributed by atoms with Gasteiger partial charge in [0.15, 0.2) is 0 Å². The van der Waals surface area contributed by atoms with E-state index in [0.717, 1.165) is 11.1 Å². The molecule has 3 aromatic rings. The average molecular weight is 545 g/mol. The molecule has 0 spiro atoms. The minimum atomic E-state index is -0.845. The summed E-state index contributed by atoms with van der Waals surface area (Å²) >= 11 is 0. The maximum absolute atomic E-state index is 12.3. The predicted molar refractivity (Wildman–Crippen MR) is 146 cm³/mol. The molecule has 0 atom stereocenters. The van der Waals surface area contributed by atoms with Crippen molar-refractivity contribution in [3.05, 3.63) is 119 Å². The number of nitrogens with one attached hydrogen (secondary N) is 2. The van der Waals surface area contributed by atoms with Crippen molar-refractivity contribution in [1.82, 2.24) is 10.6 Å². The van der Waals surface area contributed by atoms with E-state index in [4.69, 9.17) is 18.9 Å². The van der Waals surface area contributed by atoms with Gasteiger partial charge in [0, 0.05) is 0 Å². The maximum Gasteiger partial charge on any atom is 0.412 e. The van der Waals surface area contributed by atoms with Crippen LogP contribution < -0.4 is 10.6 Å². The lowest BCUT2D eigenvalue weighted by atomic mass is 10.1. The zero-order valence-corrected chi connectivity index (χ0v) is 21.9. The van der Waals surface area contributed by atoms with Gasteiger partial charge >= 0.3 is 24.1 Å². The topological polar surface area (TPSA) is 129 Å². The Hall–Kier alpha value is -5.38. The van der Waals surface area contributed by atoms with E-state index < -0.39 is 24.1 Å². The van der Waals surface area contributed by atoms with Crippen molar-refractivity contribution in [2.24, 2.45) is 0 Å². The monoisotopic (exact) mass is 544 g/mol. The highest BCUT2D eigenvalue weighted by atomic mass is 16.6. The second kappa shape index (κ2) is 15.1. The Bertz CT molecular complexity index is 1280. The number of rotatable bonds is 10. The summed E-state index contributed by atoms with van der Waals surface area (Å²) in [7, 11) is 2.36. The van der Waals surface area contributed by atoms with Crippen molar-refractivity contribution < 1.29 is 38.1 Å². The molecule has 3 rings (SSSR count). The van der Waals surface area contributed by atoms with Gasteiger partial charge in [-0.1, -0.05) is 78.9 Å². The number of amides is 2. The second-order valence-corrected chi connectivity index (χ2v) is 8.14. The molecule has 10 nitrogen and oxygen atoms in total. The number of methoxy groups -OCH3 is 2. The van der Waals surface area contributed by atoms with Gasteiger partial charge in [0.2, 0.25) is 0 Å². The number of benzene rings is 3. The van der Waals surface area contributed by atoms with Gasteiger partial charge in [-0.25, -0.2) is 19.2 Å². The molecular weight excluding hydrogens is 516 g/mol. The van der Waals surface area contributed by atoms with Crippen LogP contribution in [0.25, 0.3) is 12.2 Å². The van der Waals surface area contributed by atoms with Crippen LogP contribution in [0.5, 0.6) is 0 Å². The van der Waals surface area contributed by atoms with E-state index in [-0.39, 0.29) is 24.6 Å². The lowest BCUT2D eigenvalue weighted by Crippen LogP contribution is -2.28. The summed E-state index contributed by atoms with van der Waals surface area (Å²) in [6.45, 7) is 0.0248. The van der Waals surface area contributed by atoms with Gasteiger partial charge in [0.05, 0.1) is 14.2 Å². The zero-order valence-electron chi connectivity index (χ0n) is 21.9. The molecular formula is C30H28N2O8. The fourth-order valence-corrected chi connectivity index (χ4v) is 3.32. The third-order valence-electron chi connectivity index (χ3n) is 5.24. The van der Waals surface area contributed by atoms with Crippen molar-refractivity contribution in [1.29, 1.82) is 0 Å². The van der Waals surface area contributed by atoms with Crippen LogP contribution in [0.15, 0.2) is 96.3 Å². The Morgan fingerprint density at radius 3 is 1.38 bits per heavy atom. The molecule has 0 heterocycles. The summed E-state index contributed by atoms with van der Waals surface area (Å²) in [5.41, 5.74) is 2.18. The standard InChI is InChI=1S/C30H28N2O8/c1-37-27(33)25(31-29(35)39-19-21-10-5-3-6-11-21)17-23-14-9-15-24(16-23)18-26(28(34)38-2)32-30(36)40-20-22-12-7-4-8-13-22/h3-18H,19-20H2,1-2H3,(H,31,35)(H,32,36)/b25-17+,26-18+. The SMILES string of the molecule is COC(=O)/C(=C\c1cccc(/C=C(/NC(=O)OCc2ccccc2)C(=O)OC)c1)NC(=O)OCc1ccccc1. The fourth-order valence-electron chi connectivity index (χ4n) is 3.32. The Morgan fingerprint density at radius 2 is 1.00 bits per heavy atom. The van der Waals surface area contributed by atoms with Gasteiger partial charge in [0.1, 0.15) is 24.6 Å². The third kappa shape index (κ3) is 9.49. The number of carbonyl (C=O) groups is 4. The number of esters is 2. The first kappa shape index (κ1) is 29.2. The zero-order chi connectivity index (χ0) is 28.7. The van der Waals surface area contributed by atoms with Crippen LogP contribution in [0.4, 0.5) is 9.59 Å². The van der Waals surface area contributed by atoms with Crippen molar-refractivity contribution >= 4 is 36.3 Å². The molecule has 0 saturated heterocycles. The number of carbonyl (C=O) groups excluding carboxylic acids is 4. The minimum Gasteiger partial charge on any atom is -0.464 e. The first-order chi connectivity index (χ1) is 19.4. The van der Waals surface area contributed by atoms with Crippen LogP contribution >= 0.6 is 0 Å². The first-order valence-electron chi connectivity index (χ1n) is 12.0. The molecule has 0 radical (unpaired) electrons. The molecule has 2 N–H and O–H groups in total. The second-order valence-electron chi connectivity index (χ2n) is 8.14. The van der Waals surface area contributed by atoms with Gasteiger partial charge in [-0.05, 0) is 40.5 Å². The normalized spacial score (nSPS) is 11.2. The summed E-state index contributed by atoms with van der Waals surface area (Å²) in [6.07, 6.45) is 1.07. The van der Waals surface area contributed by atoms with Gasteiger partial charge < -0.3 is 18.9 Å². The molecule has 0 unspecified atom stereocenters. The summed E-state index contributed by atoms with van der Waals surface area (Å²) in [5.74, 6) is -1.59. The van der Waals surface area contributed by atoms with Crippen LogP contribution in [0.1, 0.15) is 22.3 Å². The molecule has 0 aliphatic rings. The van der Waals surface area contributed by atoms with Crippen molar-refractivity contribution in [2.75, 3.05) is 14.2 Å². The molecule has 0 aromatic heterocycles. The molecule has 10 heteroatoms. The Morgan fingerprint density at radius 1 is 0.600 bits per heavy atom. The smallest absolute Gasteiger partial charge is 0.412 e. The molecule has 0 fully saturated rings. The highest BCUT2D eigenvalue weighted by molar-refractivity contribution is 5.98. The van der Waals surface area contributed by atoms with Gasteiger partial charge in [-0.3, -0.25) is 10.6 Å². The fraction of sp³-hybridized carbons (Fsp3) is 0.133. The van der Waals surface area contributed by atoms with Crippen LogP contribution in [0.2, 0.25) is 0 Å². The highest BCUT2D eigenvalue weighted by Gasteiger charge is 2.16. The number of hydrogen-bond donors (Lipinski definition) is 2. The van der Waals surface area contributed by atoms with Crippen molar-refractivity contribution in [3.63, 3.8) is 0 Å². The number of ether oxygens (including phenoxy) is 4. The summed E-state index contributed by atoms with van der Waals surface area (Å²) in [6, 6.07) is 24.7. The quantitative estimate of drug-likeness (QED) is 0.216. The molecule has 2 amide bonds. The van der Waals surface area contributed by atoms with E-state index in [1.54, 1.807) is 48.5 Å². The van der Waals surface area contributed by atoms with Crippen LogP contribution in [-0.2, 0) is 41.8 Å². The third-order valence-corrected chi connectivity index (χ3v) is 5.24. The Balaban J connectivity index is 1.73. The van der Waals surface area contributed by atoms with Crippen LogP contribution in [0.3, 0.4) is 0 Å². The van der Waals surface area contributed by atoms with Crippen LogP contribution in [-0.4, -0.2) is 38.3 Å². The van der Waals surface area contributed by atoms with Crippen molar-refractivity contribution in [3.8, 4) is 0 Å². The lowest BCUT2D eigenvalue weighted by Gasteiger charge is -2.10. The number of alkyl carbamates (subject to hydrolysis) is 2. The van der Waals surface area contributed by atoms with Gasteiger partial charge in [-0.2, -0.15) is 0 Å². The molecule has 0 aliphatic carbocycles. The molecule has 0 saturated carbocycles. The summed E-state index contributed by atoms with van der Waals surface area (Å²) in [5, 5.41) is 4.78. The van der Waals surface area contributed by atoms with E-state index in [9.17, 15) is 19.2 Å². The summed E-state index contributed by atoms with van der Waals surface area (Å²) < 4.78 is 19.9. The molecule has 3 aromatic carbocycles. The van der Waals surface area contributed by atoms with Crippen molar-refractivity contribution in [2.45, 2.75) is 13.2 Å². The van der Waals surface area contributed by atoms with Crippen LogP contribution in [0, 0.1) is 0 Å². The Labute approximate surface area is 231 Å². The van der Waals surface area contributed by atoms with E-state index in [1.165, 1.54) is 26.4 Å². The summed E-state index contributed by atoms with van der Waals surface area (Å²) in [4.78, 5) is 49.2. The largest absolute Gasteiger partial charge is 0.464 e. The van der Waals surface area contributed by atoms with E-state index in [2.05, 4.69) is 10.6 Å². The maximum atomic E-state index is 12.3. The van der Waals surface area contributed by atoms with E-state index in [1.807, 2.05) is 36.4 Å². The molecule has 0 aliphatic heterocycles. The van der Waals surface area contributed by atoms with Gasteiger partial charge in [0.25, 0.3) is 0 Å². The highest BCUT2D eigenvalue weighted by Crippen LogP contribution is 2.14. The Kier molecular flexibility index (Phi) is 11.0. The number of hydrogen-bond acceptors (Lipinski definition) is 8. The minimum absolute atomic E-state index is 0.0124. The first-order valence-corrected chi connectivity index (χ1v) is 12.0. The lowest BCUT2D eigenvalue weighted by molar-refractivity contribution is -0.137. The molecule has 0 bridgehead atoms. The molecule has 40 heavy (non-hydrogen) atoms. The average Bonchev–Trinajstić information content (AvgIpc) is 2.98.